The Kier molecular flexibility index (Phi) is 5.15. The Labute approximate surface area is 150 Å². The second-order valence-corrected chi connectivity index (χ2v) is 7.19. The minimum absolute atomic E-state index is 0.0262. The zero-order valence-corrected chi connectivity index (χ0v) is 15.4. The number of ether oxygens (including phenoxy) is 1. The molecule has 2 amide bonds. The van der Waals surface area contributed by atoms with Crippen LogP contribution in [0.4, 0.5) is 5.69 Å². The number of thiazole rings is 1. The summed E-state index contributed by atoms with van der Waals surface area (Å²) in [5.41, 5.74) is 2.75. The third kappa shape index (κ3) is 3.72. The Bertz CT molecular complexity index is 810. The van der Waals surface area contributed by atoms with E-state index in [1.54, 1.807) is 17.0 Å². The van der Waals surface area contributed by atoms with Gasteiger partial charge in [-0.25, -0.2) is 4.98 Å². The number of hydrogen-bond donors (Lipinski definition) is 1. The Morgan fingerprint density at radius 3 is 2.56 bits per heavy atom. The molecule has 0 spiro atoms. The molecule has 0 atom stereocenters. The Morgan fingerprint density at radius 1 is 1.20 bits per heavy atom. The average Bonchev–Trinajstić information content (AvgIpc) is 2.95. The third-order valence-electron chi connectivity index (χ3n) is 4.22. The van der Waals surface area contributed by atoms with Gasteiger partial charge in [-0.15, -0.1) is 11.3 Å². The van der Waals surface area contributed by atoms with Gasteiger partial charge in [0.2, 0.25) is 0 Å². The maximum atomic E-state index is 12.7. The monoisotopic (exact) mass is 359 g/mol. The minimum atomic E-state index is -0.192. The Morgan fingerprint density at radius 2 is 1.92 bits per heavy atom. The summed E-state index contributed by atoms with van der Waals surface area (Å²) in [5.74, 6) is -0.219. The average molecular weight is 359 g/mol. The molecule has 0 unspecified atom stereocenters. The molecule has 0 radical (unpaired) electrons. The SMILES string of the molecule is Cc1nc(C)c(C(=O)Nc2cccc(C(=O)N3CCOCC3)c2C)s1. The lowest BCUT2D eigenvalue weighted by Crippen LogP contribution is -2.41. The van der Waals surface area contributed by atoms with Crippen molar-refractivity contribution in [3.05, 3.63) is 44.9 Å². The van der Waals surface area contributed by atoms with E-state index in [4.69, 9.17) is 4.74 Å². The van der Waals surface area contributed by atoms with Crippen LogP contribution in [0.25, 0.3) is 0 Å². The van der Waals surface area contributed by atoms with E-state index >= 15 is 0 Å². The van der Waals surface area contributed by atoms with E-state index in [1.807, 2.05) is 26.8 Å². The second kappa shape index (κ2) is 7.33. The predicted molar refractivity (Wildman–Crippen MR) is 97.4 cm³/mol. The van der Waals surface area contributed by atoms with Crippen LogP contribution < -0.4 is 5.32 Å². The summed E-state index contributed by atoms with van der Waals surface area (Å²) in [5, 5.41) is 3.77. The van der Waals surface area contributed by atoms with Gasteiger partial charge in [-0.2, -0.15) is 0 Å². The van der Waals surface area contributed by atoms with Gasteiger partial charge in [0.05, 0.1) is 23.9 Å². The maximum Gasteiger partial charge on any atom is 0.267 e. The van der Waals surface area contributed by atoms with E-state index in [0.717, 1.165) is 16.3 Å². The van der Waals surface area contributed by atoms with Crippen molar-refractivity contribution in [3.8, 4) is 0 Å². The molecule has 1 aliphatic rings. The summed E-state index contributed by atoms with van der Waals surface area (Å²) < 4.78 is 5.30. The van der Waals surface area contributed by atoms with Crippen molar-refractivity contribution >= 4 is 28.8 Å². The summed E-state index contributed by atoms with van der Waals surface area (Å²) in [6.07, 6.45) is 0. The van der Waals surface area contributed by atoms with Crippen LogP contribution in [0, 0.1) is 20.8 Å². The predicted octanol–water partition coefficient (Wildman–Crippen LogP) is 2.79. The summed E-state index contributed by atoms with van der Waals surface area (Å²) in [6, 6.07) is 5.40. The molecule has 1 saturated heterocycles. The van der Waals surface area contributed by atoms with E-state index in [1.165, 1.54) is 11.3 Å². The molecule has 1 aromatic carbocycles. The number of morpholine rings is 1. The lowest BCUT2D eigenvalue weighted by Gasteiger charge is -2.27. The summed E-state index contributed by atoms with van der Waals surface area (Å²) in [7, 11) is 0. The number of benzene rings is 1. The lowest BCUT2D eigenvalue weighted by atomic mass is 10.0. The van der Waals surface area contributed by atoms with E-state index < -0.39 is 0 Å². The molecule has 2 heterocycles. The van der Waals surface area contributed by atoms with Crippen LogP contribution in [0.5, 0.6) is 0 Å². The normalized spacial score (nSPS) is 14.4. The lowest BCUT2D eigenvalue weighted by molar-refractivity contribution is 0.0302. The van der Waals surface area contributed by atoms with Crippen molar-refractivity contribution in [1.29, 1.82) is 0 Å². The molecule has 1 fully saturated rings. The fourth-order valence-electron chi connectivity index (χ4n) is 2.86. The first kappa shape index (κ1) is 17.6. The van der Waals surface area contributed by atoms with Crippen LogP contribution in [-0.2, 0) is 4.74 Å². The largest absolute Gasteiger partial charge is 0.378 e. The van der Waals surface area contributed by atoms with Gasteiger partial charge in [0.25, 0.3) is 11.8 Å². The topological polar surface area (TPSA) is 71.5 Å². The van der Waals surface area contributed by atoms with Crippen molar-refractivity contribution in [1.82, 2.24) is 9.88 Å². The first-order chi connectivity index (χ1) is 12.0. The van der Waals surface area contributed by atoms with Crippen LogP contribution in [-0.4, -0.2) is 48.0 Å². The molecule has 1 aromatic heterocycles. The van der Waals surface area contributed by atoms with Crippen LogP contribution in [0.15, 0.2) is 18.2 Å². The number of carbonyl (C=O) groups excluding carboxylic acids is 2. The molecule has 132 valence electrons. The number of nitrogens with zero attached hydrogens (tertiary/aromatic N) is 2. The molecule has 1 aliphatic heterocycles. The molecule has 0 aliphatic carbocycles. The van der Waals surface area contributed by atoms with Gasteiger partial charge in [0, 0.05) is 24.3 Å². The minimum Gasteiger partial charge on any atom is -0.378 e. The fraction of sp³-hybridized carbons (Fsp3) is 0.389. The number of rotatable bonds is 3. The standard InChI is InChI=1S/C18H21N3O3S/c1-11-14(18(23)21-7-9-24-10-8-21)5-4-6-15(11)20-17(22)16-12(2)19-13(3)25-16/h4-6H,7-10H2,1-3H3,(H,20,22). The summed E-state index contributed by atoms with van der Waals surface area (Å²) in [6.45, 7) is 7.86. The van der Waals surface area contributed by atoms with E-state index in [0.29, 0.717) is 42.4 Å². The molecule has 25 heavy (non-hydrogen) atoms. The maximum absolute atomic E-state index is 12.7. The fourth-order valence-corrected chi connectivity index (χ4v) is 3.68. The van der Waals surface area contributed by atoms with Crippen LogP contribution in [0.3, 0.4) is 0 Å². The zero-order chi connectivity index (χ0) is 18.0. The smallest absolute Gasteiger partial charge is 0.267 e. The van der Waals surface area contributed by atoms with Crippen molar-refractivity contribution in [3.63, 3.8) is 0 Å². The second-order valence-electron chi connectivity index (χ2n) is 5.98. The van der Waals surface area contributed by atoms with Crippen molar-refractivity contribution in [2.75, 3.05) is 31.6 Å². The third-order valence-corrected chi connectivity index (χ3v) is 5.29. The number of anilines is 1. The molecule has 7 heteroatoms. The van der Waals surface area contributed by atoms with Gasteiger partial charge in [-0.05, 0) is 38.5 Å². The van der Waals surface area contributed by atoms with E-state index in [-0.39, 0.29) is 11.8 Å². The van der Waals surface area contributed by atoms with Crippen LogP contribution >= 0.6 is 11.3 Å². The van der Waals surface area contributed by atoms with E-state index in [9.17, 15) is 9.59 Å². The first-order valence-corrected chi connectivity index (χ1v) is 9.01. The molecule has 0 saturated carbocycles. The van der Waals surface area contributed by atoms with Crippen molar-refractivity contribution in [2.24, 2.45) is 0 Å². The number of aryl methyl sites for hydroxylation is 2. The highest BCUT2D eigenvalue weighted by molar-refractivity contribution is 7.13. The zero-order valence-electron chi connectivity index (χ0n) is 14.6. The quantitative estimate of drug-likeness (QED) is 0.915. The first-order valence-electron chi connectivity index (χ1n) is 8.19. The molecule has 1 N–H and O–H groups in total. The number of hydrogen-bond acceptors (Lipinski definition) is 5. The molecular formula is C18H21N3O3S. The van der Waals surface area contributed by atoms with Gasteiger partial charge >= 0.3 is 0 Å². The molecule has 6 nitrogen and oxygen atoms in total. The van der Waals surface area contributed by atoms with Crippen molar-refractivity contribution < 1.29 is 14.3 Å². The van der Waals surface area contributed by atoms with Crippen LogP contribution in [0.1, 0.15) is 36.3 Å². The number of aromatic nitrogens is 1. The van der Waals surface area contributed by atoms with Gasteiger partial charge in [0.15, 0.2) is 0 Å². The number of amides is 2. The van der Waals surface area contributed by atoms with Gasteiger partial charge in [-0.1, -0.05) is 6.07 Å². The summed E-state index contributed by atoms with van der Waals surface area (Å²) in [4.78, 5) is 31.9. The van der Waals surface area contributed by atoms with E-state index in [2.05, 4.69) is 10.3 Å². The van der Waals surface area contributed by atoms with Gasteiger partial charge in [-0.3, -0.25) is 9.59 Å². The number of nitrogens with one attached hydrogen (secondary N) is 1. The molecule has 0 bridgehead atoms. The molecular weight excluding hydrogens is 338 g/mol. The summed E-state index contributed by atoms with van der Waals surface area (Å²) >= 11 is 1.37. The van der Waals surface area contributed by atoms with Gasteiger partial charge in [0.1, 0.15) is 4.88 Å². The van der Waals surface area contributed by atoms with Crippen LogP contribution in [0.2, 0.25) is 0 Å². The molecule has 3 rings (SSSR count). The Balaban J connectivity index is 1.82. The Hall–Kier alpha value is -2.25. The highest BCUT2D eigenvalue weighted by atomic mass is 32.1. The highest BCUT2D eigenvalue weighted by Crippen LogP contribution is 2.24. The highest BCUT2D eigenvalue weighted by Gasteiger charge is 2.22. The van der Waals surface area contributed by atoms with Gasteiger partial charge < -0.3 is 15.0 Å². The number of carbonyl (C=O) groups is 2. The molecule has 2 aromatic rings. The van der Waals surface area contributed by atoms with Crippen molar-refractivity contribution in [2.45, 2.75) is 20.8 Å².